The highest BCUT2D eigenvalue weighted by molar-refractivity contribution is 7.54. The minimum Gasteiger partial charge on any atom is -0.449 e. The maximum Gasteiger partial charge on any atom is 0.409 e. The van der Waals surface area contributed by atoms with Gasteiger partial charge in [0.15, 0.2) is 5.82 Å². The van der Waals surface area contributed by atoms with Gasteiger partial charge in [0.25, 0.3) is 5.91 Å². The molecule has 0 radical (unpaired) electrons. The second-order valence-electron chi connectivity index (χ2n) is 11.3. The number of piperazine rings is 1. The highest BCUT2D eigenvalue weighted by atomic mass is 31.2. The van der Waals surface area contributed by atoms with E-state index in [1.165, 1.54) is 0 Å². The maximum absolute atomic E-state index is 14.0. The first kappa shape index (κ1) is 36.3. The SMILES string of the molecule is CCCCOC(=O)N1CCN(C(=O)[C@@H](CP(=O)(OCC)OCC)NC(=O)c2cc(N3CC[C@H](OC)C3)nc(-c3ccccc3)n2)CC1. The summed E-state index contributed by atoms with van der Waals surface area (Å²) in [6.45, 7) is 8.16. The lowest BCUT2D eigenvalue weighted by Gasteiger charge is -2.36. The second kappa shape index (κ2) is 17.5. The molecule has 2 fully saturated rings. The van der Waals surface area contributed by atoms with Gasteiger partial charge in [0.2, 0.25) is 5.91 Å². The Bertz CT molecular complexity index is 1380. The number of ether oxygens (including phenoxy) is 2. The Hall–Kier alpha value is -3.58. The minimum absolute atomic E-state index is 0.0364. The predicted octanol–water partition coefficient (Wildman–Crippen LogP) is 3.81. The van der Waals surface area contributed by atoms with Gasteiger partial charge in [0.1, 0.15) is 17.6 Å². The van der Waals surface area contributed by atoms with Crippen LogP contribution in [0, 0.1) is 0 Å². The molecule has 2 atom stereocenters. The Labute approximate surface area is 276 Å². The summed E-state index contributed by atoms with van der Waals surface area (Å²) in [5.74, 6) is -0.183. The van der Waals surface area contributed by atoms with E-state index in [-0.39, 0.29) is 57.4 Å². The van der Waals surface area contributed by atoms with Crippen molar-refractivity contribution in [1.82, 2.24) is 25.1 Å². The van der Waals surface area contributed by atoms with E-state index in [2.05, 4.69) is 10.3 Å². The molecule has 2 saturated heterocycles. The number of aromatic nitrogens is 2. The molecule has 0 saturated carbocycles. The smallest absolute Gasteiger partial charge is 0.409 e. The number of hydrogen-bond acceptors (Lipinski definition) is 11. The summed E-state index contributed by atoms with van der Waals surface area (Å²) in [5.41, 5.74) is 0.775. The molecule has 1 aromatic carbocycles. The lowest BCUT2D eigenvalue weighted by atomic mass is 10.2. The number of carbonyl (C=O) groups excluding carboxylic acids is 3. The number of hydrogen-bond donors (Lipinski definition) is 1. The zero-order valence-corrected chi connectivity index (χ0v) is 28.7. The van der Waals surface area contributed by atoms with Gasteiger partial charge in [-0.1, -0.05) is 43.7 Å². The van der Waals surface area contributed by atoms with Gasteiger partial charge in [-0.2, -0.15) is 0 Å². The van der Waals surface area contributed by atoms with Gasteiger partial charge in [0.05, 0.1) is 32.1 Å². The number of benzene rings is 1. The zero-order valence-electron chi connectivity index (χ0n) is 27.8. The van der Waals surface area contributed by atoms with Crippen molar-refractivity contribution in [3.05, 3.63) is 42.1 Å². The number of rotatable bonds is 15. The molecule has 1 N–H and O–H groups in total. The molecule has 0 bridgehead atoms. The highest BCUT2D eigenvalue weighted by Crippen LogP contribution is 2.48. The first-order valence-corrected chi connectivity index (χ1v) is 18.0. The van der Waals surface area contributed by atoms with Crippen LogP contribution in [0.5, 0.6) is 0 Å². The standard InChI is InChI=1S/C32H47N6O8P/c1-5-8-20-44-32(41)37-18-16-36(17-19-37)31(40)27(23-47(42,45-6-2)46-7-3)34-30(39)26-21-28(38-15-14-25(22-38)43-4)35-29(33-26)24-12-10-9-11-13-24/h9-13,21,25,27H,5-8,14-20,22-23H2,1-4H3,(H,34,39)/t25-,27+/m0/s1. The van der Waals surface area contributed by atoms with Crippen molar-refractivity contribution in [2.24, 2.45) is 0 Å². The van der Waals surface area contributed by atoms with Gasteiger partial charge in [-0.25, -0.2) is 14.8 Å². The number of amides is 3. The monoisotopic (exact) mass is 674 g/mol. The summed E-state index contributed by atoms with van der Waals surface area (Å²) in [6.07, 6.45) is 1.74. The Balaban J connectivity index is 1.58. The molecule has 14 nitrogen and oxygen atoms in total. The van der Waals surface area contributed by atoms with E-state index in [0.717, 1.165) is 24.8 Å². The Morgan fingerprint density at radius 3 is 2.28 bits per heavy atom. The molecule has 0 aliphatic carbocycles. The second-order valence-corrected chi connectivity index (χ2v) is 13.4. The molecular weight excluding hydrogens is 627 g/mol. The average Bonchev–Trinajstić information content (AvgIpc) is 3.58. The molecule has 15 heteroatoms. The van der Waals surface area contributed by atoms with Crippen LogP contribution in [-0.2, 0) is 27.9 Å². The molecule has 258 valence electrons. The summed E-state index contributed by atoms with van der Waals surface area (Å²) < 4.78 is 35.5. The molecule has 4 rings (SSSR count). The lowest BCUT2D eigenvalue weighted by Crippen LogP contribution is -2.57. The summed E-state index contributed by atoms with van der Waals surface area (Å²) in [6, 6.07) is 9.65. The quantitative estimate of drug-likeness (QED) is 0.217. The molecule has 0 unspecified atom stereocenters. The van der Waals surface area contributed by atoms with Crippen LogP contribution in [-0.4, -0.2) is 122 Å². The van der Waals surface area contributed by atoms with Gasteiger partial charge < -0.3 is 38.5 Å². The summed E-state index contributed by atoms with van der Waals surface area (Å²) in [7, 11) is -2.10. The molecular formula is C32H47N6O8P. The fourth-order valence-electron chi connectivity index (χ4n) is 5.46. The number of unbranched alkanes of at least 4 members (excludes halogenated alkanes) is 1. The number of methoxy groups -OCH3 is 1. The van der Waals surface area contributed by atoms with Gasteiger partial charge >= 0.3 is 13.7 Å². The van der Waals surface area contributed by atoms with Crippen molar-refractivity contribution in [1.29, 1.82) is 0 Å². The van der Waals surface area contributed by atoms with Crippen molar-refractivity contribution in [2.45, 2.75) is 52.2 Å². The first-order valence-electron chi connectivity index (χ1n) is 16.3. The summed E-state index contributed by atoms with van der Waals surface area (Å²) in [4.78, 5) is 54.8. The minimum atomic E-state index is -3.77. The highest BCUT2D eigenvalue weighted by Gasteiger charge is 2.38. The third kappa shape index (κ3) is 9.96. The van der Waals surface area contributed by atoms with Crippen molar-refractivity contribution < 1.29 is 37.5 Å². The first-order chi connectivity index (χ1) is 22.7. The summed E-state index contributed by atoms with van der Waals surface area (Å²) in [5, 5.41) is 2.79. The number of anilines is 1. The maximum atomic E-state index is 14.0. The van der Waals surface area contributed by atoms with Crippen LogP contribution < -0.4 is 10.2 Å². The molecule has 2 aliphatic heterocycles. The lowest BCUT2D eigenvalue weighted by molar-refractivity contribution is -0.134. The van der Waals surface area contributed by atoms with Crippen LogP contribution in [0.2, 0.25) is 0 Å². The Morgan fingerprint density at radius 1 is 0.979 bits per heavy atom. The molecule has 3 amide bonds. The number of nitrogens with one attached hydrogen (secondary N) is 1. The van der Waals surface area contributed by atoms with E-state index in [4.69, 9.17) is 23.5 Å². The van der Waals surface area contributed by atoms with Crippen LogP contribution in [0.15, 0.2) is 36.4 Å². The third-order valence-electron chi connectivity index (χ3n) is 8.01. The van der Waals surface area contributed by atoms with E-state index in [1.54, 1.807) is 36.8 Å². The van der Waals surface area contributed by atoms with Crippen LogP contribution in [0.25, 0.3) is 11.4 Å². The third-order valence-corrected chi connectivity index (χ3v) is 10.1. The van der Waals surface area contributed by atoms with Crippen molar-refractivity contribution in [3.63, 3.8) is 0 Å². The van der Waals surface area contributed by atoms with Crippen LogP contribution in [0.3, 0.4) is 0 Å². The molecule has 0 spiro atoms. The molecule has 2 aliphatic rings. The van der Waals surface area contributed by atoms with E-state index in [0.29, 0.717) is 31.3 Å². The van der Waals surface area contributed by atoms with E-state index < -0.39 is 31.5 Å². The van der Waals surface area contributed by atoms with E-state index in [9.17, 15) is 18.9 Å². The Kier molecular flexibility index (Phi) is 13.5. The van der Waals surface area contributed by atoms with Crippen LogP contribution in [0.4, 0.5) is 10.6 Å². The normalized spacial score (nSPS) is 17.4. The van der Waals surface area contributed by atoms with Gasteiger partial charge in [0, 0.05) is 58.0 Å². The number of nitrogens with zero attached hydrogens (tertiary/aromatic N) is 5. The van der Waals surface area contributed by atoms with Gasteiger partial charge in [-0.15, -0.1) is 0 Å². The average molecular weight is 675 g/mol. The van der Waals surface area contributed by atoms with Gasteiger partial charge in [-0.3, -0.25) is 14.2 Å². The Morgan fingerprint density at radius 2 is 1.66 bits per heavy atom. The van der Waals surface area contributed by atoms with Gasteiger partial charge in [-0.05, 0) is 26.7 Å². The molecule has 3 heterocycles. The fraction of sp³-hybridized carbons (Fsp3) is 0.594. The molecule has 2 aromatic rings. The zero-order chi connectivity index (χ0) is 33.8. The predicted molar refractivity (Wildman–Crippen MR) is 176 cm³/mol. The largest absolute Gasteiger partial charge is 0.449 e. The van der Waals surface area contributed by atoms with Crippen molar-refractivity contribution in [3.8, 4) is 11.4 Å². The van der Waals surface area contributed by atoms with E-state index in [1.807, 2.05) is 42.2 Å². The summed E-state index contributed by atoms with van der Waals surface area (Å²) >= 11 is 0. The fourth-order valence-corrected chi connectivity index (χ4v) is 7.23. The molecule has 1 aromatic heterocycles. The van der Waals surface area contributed by atoms with E-state index >= 15 is 0 Å². The molecule has 47 heavy (non-hydrogen) atoms. The van der Waals surface area contributed by atoms with Crippen LogP contribution >= 0.6 is 7.60 Å². The van der Waals surface area contributed by atoms with Crippen molar-refractivity contribution >= 4 is 31.3 Å². The van der Waals surface area contributed by atoms with Crippen LogP contribution in [0.1, 0.15) is 50.5 Å². The number of carbonyl (C=O) groups is 3. The topological polar surface area (TPSA) is 153 Å². The van der Waals surface area contributed by atoms with Crippen molar-refractivity contribution in [2.75, 3.05) is 77.3 Å².